The van der Waals surface area contributed by atoms with Crippen LogP contribution in [0.2, 0.25) is 0 Å². The van der Waals surface area contributed by atoms with Gasteiger partial charge in [0.2, 0.25) is 0 Å². The molecule has 0 aliphatic heterocycles. The van der Waals surface area contributed by atoms with E-state index >= 15 is 0 Å². The summed E-state index contributed by atoms with van der Waals surface area (Å²) in [6.07, 6.45) is 0. The van der Waals surface area contributed by atoms with E-state index in [1.54, 1.807) is 11.4 Å². The van der Waals surface area contributed by atoms with Crippen LogP contribution in [-0.2, 0) is 0 Å². The SMILES string of the molecule is N=C(N)c1csc(C(N)CO)c1. The zero-order chi connectivity index (χ0) is 9.14. The Bertz CT molecular complexity index is 284. The van der Waals surface area contributed by atoms with Crippen molar-refractivity contribution in [3.8, 4) is 0 Å². The number of aliphatic hydroxyl groups excluding tert-OH is 1. The lowest BCUT2D eigenvalue weighted by atomic mass is 10.2. The Kier molecular flexibility index (Phi) is 2.80. The van der Waals surface area contributed by atoms with Crippen molar-refractivity contribution in [3.05, 3.63) is 21.9 Å². The molecule has 5 heteroatoms. The van der Waals surface area contributed by atoms with Crippen LogP contribution in [0.15, 0.2) is 11.4 Å². The molecule has 6 N–H and O–H groups in total. The molecule has 66 valence electrons. The lowest BCUT2D eigenvalue weighted by Crippen LogP contribution is -2.13. The van der Waals surface area contributed by atoms with Crippen molar-refractivity contribution in [2.75, 3.05) is 6.61 Å². The molecule has 0 aliphatic carbocycles. The van der Waals surface area contributed by atoms with Crippen LogP contribution in [0.1, 0.15) is 16.5 Å². The summed E-state index contributed by atoms with van der Waals surface area (Å²) in [6.45, 7) is -0.0855. The largest absolute Gasteiger partial charge is 0.394 e. The molecule has 0 fully saturated rings. The highest BCUT2D eigenvalue weighted by atomic mass is 32.1. The zero-order valence-electron chi connectivity index (χ0n) is 6.45. The summed E-state index contributed by atoms with van der Waals surface area (Å²) in [5.41, 5.74) is 11.5. The highest BCUT2D eigenvalue weighted by molar-refractivity contribution is 7.10. The van der Waals surface area contributed by atoms with Crippen LogP contribution in [-0.4, -0.2) is 17.5 Å². The van der Waals surface area contributed by atoms with Gasteiger partial charge in [0.1, 0.15) is 5.84 Å². The summed E-state index contributed by atoms with van der Waals surface area (Å²) >= 11 is 1.40. The minimum Gasteiger partial charge on any atom is -0.394 e. The summed E-state index contributed by atoms with van der Waals surface area (Å²) in [5.74, 6) is 0.0302. The molecule has 0 bridgehead atoms. The summed E-state index contributed by atoms with van der Waals surface area (Å²) in [6, 6.07) is 1.37. The van der Waals surface area contributed by atoms with Gasteiger partial charge >= 0.3 is 0 Å². The monoisotopic (exact) mass is 185 g/mol. The Morgan fingerprint density at radius 2 is 2.42 bits per heavy atom. The van der Waals surface area contributed by atoms with E-state index in [0.29, 0.717) is 5.56 Å². The second kappa shape index (κ2) is 3.66. The maximum Gasteiger partial charge on any atom is 0.123 e. The number of hydrogen-bond donors (Lipinski definition) is 4. The van der Waals surface area contributed by atoms with Crippen LogP contribution >= 0.6 is 11.3 Å². The van der Waals surface area contributed by atoms with Crippen molar-refractivity contribution >= 4 is 17.2 Å². The van der Waals surface area contributed by atoms with Crippen molar-refractivity contribution in [3.63, 3.8) is 0 Å². The number of hydrogen-bond acceptors (Lipinski definition) is 4. The fourth-order valence-corrected chi connectivity index (χ4v) is 1.68. The molecular weight excluding hydrogens is 174 g/mol. The van der Waals surface area contributed by atoms with E-state index in [2.05, 4.69) is 0 Å². The normalized spacial score (nSPS) is 12.8. The van der Waals surface area contributed by atoms with Gasteiger partial charge in [-0.2, -0.15) is 0 Å². The Hall–Kier alpha value is -0.910. The van der Waals surface area contributed by atoms with Crippen LogP contribution in [0.3, 0.4) is 0 Å². The van der Waals surface area contributed by atoms with Gasteiger partial charge in [-0.25, -0.2) is 0 Å². The third-order valence-corrected chi connectivity index (χ3v) is 2.56. The Morgan fingerprint density at radius 3 is 2.83 bits per heavy atom. The molecule has 0 aromatic carbocycles. The van der Waals surface area contributed by atoms with Gasteiger partial charge < -0.3 is 16.6 Å². The van der Waals surface area contributed by atoms with Crippen molar-refractivity contribution in [1.29, 1.82) is 5.41 Å². The van der Waals surface area contributed by atoms with Gasteiger partial charge in [0.15, 0.2) is 0 Å². The van der Waals surface area contributed by atoms with Crippen LogP contribution in [0.25, 0.3) is 0 Å². The third kappa shape index (κ3) is 1.82. The van der Waals surface area contributed by atoms with E-state index in [1.807, 2.05) is 0 Å². The predicted octanol–water partition coefficient (Wildman–Crippen LogP) is 0.0243. The van der Waals surface area contributed by atoms with Crippen molar-refractivity contribution < 1.29 is 5.11 Å². The number of amidine groups is 1. The smallest absolute Gasteiger partial charge is 0.123 e. The first-order valence-electron chi connectivity index (χ1n) is 3.44. The summed E-state index contributed by atoms with van der Waals surface area (Å²) in [7, 11) is 0. The number of nitrogen functional groups attached to an aromatic ring is 1. The molecule has 1 aromatic rings. The van der Waals surface area contributed by atoms with E-state index in [1.165, 1.54) is 11.3 Å². The molecule has 1 rings (SSSR count). The molecule has 1 unspecified atom stereocenters. The minimum atomic E-state index is -0.358. The van der Waals surface area contributed by atoms with Gasteiger partial charge in [-0.3, -0.25) is 5.41 Å². The first-order valence-corrected chi connectivity index (χ1v) is 4.32. The van der Waals surface area contributed by atoms with Crippen molar-refractivity contribution in [1.82, 2.24) is 0 Å². The van der Waals surface area contributed by atoms with Crippen molar-refractivity contribution in [2.45, 2.75) is 6.04 Å². The Balaban J connectivity index is 2.84. The van der Waals surface area contributed by atoms with Gasteiger partial charge in [-0.05, 0) is 6.07 Å². The fraction of sp³-hybridized carbons (Fsp3) is 0.286. The first-order chi connectivity index (χ1) is 5.65. The van der Waals surface area contributed by atoms with E-state index in [0.717, 1.165) is 4.88 Å². The number of nitrogens with two attached hydrogens (primary N) is 2. The number of rotatable bonds is 3. The molecule has 1 heterocycles. The van der Waals surface area contributed by atoms with E-state index in [9.17, 15) is 0 Å². The molecule has 1 atom stereocenters. The Morgan fingerprint density at radius 1 is 1.75 bits per heavy atom. The highest BCUT2D eigenvalue weighted by Crippen LogP contribution is 2.19. The molecule has 0 radical (unpaired) electrons. The van der Waals surface area contributed by atoms with Gasteiger partial charge in [0.25, 0.3) is 0 Å². The van der Waals surface area contributed by atoms with Gasteiger partial charge in [0.05, 0.1) is 12.6 Å². The lowest BCUT2D eigenvalue weighted by Gasteiger charge is -2.02. The number of thiophene rings is 1. The highest BCUT2D eigenvalue weighted by Gasteiger charge is 2.08. The minimum absolute atomic E-state index is 0.0302. The standard InChI is InChI=1S/C7H11N3OS/c8-5(2-11)6-1-4(3-12-6)7(9)10/h1,3,5,11H,2,8H2,(H3,9,10). The number of nitrogens with one attached hydrogen (secondary N) is 1. The average Bonchev–Trinajstić information content (AvgIpc) is 2.51. The quantitative estimate of drug-likeness (QED) is 0.395. The Labute approximate surface area is 74.3 Å². The topological polar surface area (TPSA) is 96.1 Å². The van der Waals surface area contributed by atoms with Gasteiger partial charge in [0, 0.05) is 15.8 Å². The molecule has 1 aromatic heterocycles. The molecule has 12 heavy (non-hydrogen) atoms. The molecule has 0 saturated heterocycles. The van der Waals surface area contributed by atoms with Crippen LogP contribution in [0, 0.1) is 5.41 Å². The van der Waals surface area contributed by atoms with Crippen LogP contribution in [0.5, 0.6) is 0 Å². The van der Waals surface area contributed by atoms with E-state index in [4.69, 9.17) is 22.0 Å². The van der Waals surface area contributed by atoms with Gasteiger partial charge in [-0.15, -0.1) is 11.3 Å². The third-order valence-electron chi connectivity index (χ3n) is 1.49. The molecule has 0 spiro atoms. The summed E-state index contributed by atoms with van der Waals surface area (Å²) in [5, 5.41) is 17.6. The molecule has 0 aliphatic rings. The molecule has 0 saturated carbocycles. The first kappa shape index (κ1) is 9.18. The fourth-order valence-electron chi connectivity index (χ4n) is 0.778. The maximum atomic E-state index is 8.73. The second-order valence-corrected chi connectivity index (χ2v) is 3.38. The lowest BCUT2D eigenvalue weighted by molar-refractivity contribution is 0.269. The predicted molar refractivity (Wildman–Crippen MR) is 49.3 cm³/mol. The second-order valence-electron chi connectivity index (χ2n) is 2.44. The van der Waals surface area contributed by atoms with Crippen LogP contribution < -0.4 is 11.5 Å². The van der Waals surface area contributed by atoms with E-state index < -0.39 is 0 Å². The average molecular weight is 185 g/mol. The van der Waals surface area contributed by atoms with Crippen molar-refractivity contribution in [2.24, 2.45) is 11.5 Å². The molecule has 0 amide bonds. The van der Waals surface area contributed by atoms with Crippen LogP contribution in [0.4, 0.5) is 0 Å². The maximum absolute atomic E-state index is 8.73. The number of aliphatic hydroxyl groups is 1. The summed E-state index contributed by atoms with van der Waals surface area (Å²) in [4.78, 5) is 0.850. The molecule has 4 nitrogen and oxygen atoms in total. The van der Waals surface area contributed by atoms with Gasteiger partial charge in [-0.1, -0.05) is 0 Å². The zero-order valence-corrected chi connectivity index (χ0v) is 7.27. The molecular formula is C7H11N3OS. The summed E-state index contributed by atoms with van der Waals surface area (Å²) < 4.78 is 0. The van der Waals surface area contributed by atoms with E-state index in [-0.39, 0.29) is 18.5 Å².